The van der Waals surface area contributed by atoms with E-state index in [1.165, 1.54) is 0 Å². The van der Waals surface area contributed by atoms with E-state index in [2.05, 4.69) is 16.4 Å². The highest BCUT2D eigenvalue weighted by molar-refractivity contribution is 6.33. The monoisotopic (exact) mass is 263 g/mol. The molecule has 1 aromatic heterocycles. The van der Waals surface area contributed by atoms with Crippen LogP contribution in [0.25, 0.3) is 0 Å². The Kier molecular flexibility index (Phi) is 3.83. The summed E-state index contributed by atoms with van der Waals surface area (Å²) in [6, 6.07) is 5.52. The number of hydrogen-bond acceptors (Lipinski definition) is 3. The molecular formula is C13H14ClN3O. The molecule has 18 heavy (non-hydrogen) atoms. The molecule has 0 spiro atoms. The fraction of sp³-hybridized carbons (Fsp3) is 0.462. The van der Waals surface area contributed by atoms with Crippen molar-refractivity contribution in [2.75, 3.05) is 5.32 Å². The van der Waals surface area contributed by atoms with Crippen molar-refractivity contribution in [3.63, 3.8) is 0 Å². The van der Waals surface area contributed by atoms with Crippen LogP contribution in [-0.4, -0.2) is 10.9 Å². The molecule has 5 heteroatoms. The van der Waals surface area contributed by atoms with Gasteiger partial charge in [-0.15, -0.1) is 0 Å². The number of carbonyl (C=O) groups excluding carboxylic acids is 1. The molecular weight excluding hydrogens is 250 g/mol. The Morgan fingerprint density at radius 2 is 2.17 bits per heavy atom. The summed E-state index contributed by atoms with van der Waals surface area (Å²) in [7, 11) is 0. The minimum atomic E-state index is -0.918. The summed E-state index contributed by atoms with van der Waals surface area (Å²) in [5, 5.41) is 12.3. The van der Waals surface area contributed by atoms with Crippen LogP contribution < -0.4 is 5.32 Å². The lowest BCUT2D eigenvalue weighted by Gasteiger charge is -2.28. The third-order valence-electron chi connectivity index (χ3n) is 3.35. The molecule has 1 aliphatic rings. The summed E-state index contributed by atoms with van der Waals surface area (Å²) in [6.45, 7) is 0. The van der Waals surface area contributed by atoms with Crippen LogP contribution in [-0.2, 0) is 4.79 Å². The van der Waals surface area contributed by atoms with Gasteiger partial charge in [-0.2, -0.15) is 5.26 Å². The number of aromatic nitrogens is 1. The van der Waals surface area contributed by atoms with Gasteiger partial charge in [0, 0.05) is 6.20 Å². The molecule has 1 amide bonds. The molecule has 1 saturated carbocycles. The maximum absolute atomic E-state index is 12.2. The van der Waals surface area contributed by atoms with Crippen molar-refractivity contribution in [2.45, 2.75) is 32.1 Å². The van der Waals surface area contributed by atoms with E-state index in [0.29, 0.717) is 23.7 Å². The lowest BCUT2D eigenvalue weighted by molar-refractivity contribution is -0.124. The molecule has 0 aromatic carbocycles. The van der Waals surface area contributed by atoms with E-state index in [1.807, 2.05) is 0 Å². The summed E-state index contributed by atoms with van der Waals surface area (Å²) >= 11 is 5.94. The second kappa shape index (κ2) is 5.36. The van der Waals surface area contributed by atoms with Crippen molar-refractivity contribution < 1.29 is 4.79 Å². The SMILES string of the molecule is N#CC1(C(=O)Nc2ncccc2Cl)CCCCC1. The number of rotatable bonds is 2. The van der Waals surface area contributed by atoms with E-state index in [-0.39, 0.29) is 5.91 Å². The Morgan fingerprint density at radius 3 is 2.78 bits per heavy atom. The number of nitrogens with one attached hydrogen (secondary N) is 1. The highest BCUT2D eigenvalue weighted by atomic mass is 35.5. The Balaban J connectivity index is 2.16. The Labute approximate surface area is 111 Å². The zero-order valence-corrected chi connectivity index (χ0v) is 10.7. The molecule has 0 saturated heterocycles. The van der Waals surface area contributed by atoms with Crippen LogP contribution in [0, 0.1) is 16.7 Å². The Hall–Kier alpha value is -1.60. The fourth-order valence-electron chi connectivity index (χ4n) is 2.25. The van der Waals surface area contributed by atoms with Gasteiger partial charge in [0.25, 0.3) is 0 Å². The zero-order valence-electron chi connectivity index (χ0n) is 9.95. The normalized spacial score (nSPS) is 17.8. The van der Waals surface area contributed by atoms with Gasteiger partial charge in [-0.05, 0) is 25.0 Å². The van der Waals surface area contributed by atoms with Crippen molar-refractivity contribution in [1.82, 2.24) is 4.98 Å². The highest BCUT2D eigenvalue weighted by Crippen LogP contribution is 2.37. The molecule has 1 aromatic rings. The van der Waals surface area contributed by atoms with E-state index in [9.17, 15) is 10.1 Å². The van der Waals surface area contributed by atoms with Gasteiger partial charge in [-0.1, -0.05) is 30.9 Å². The summed E-state index contributed by atoms with van der Waals surface area (Å²) in [6.07, 6.45) is 5.69. The maximum Gasteiger partial charge on any atom is 0.246 e. The third kappa shape index (κ3) is 2.46. The first-order valence-electron chi connectivity index (χ1n) is 6.01. The van der Waals surface area contributed by atoms with Crippen molar-refractivity contribution in [3.8, 4) is 6.07 Å². The quantitative estimate of drug-likeness (QED) is 0.891. The lowest BCUT2D eigenvalue weighted by atomic mass is 9.74. The van der Waals surface area contributed by atoms with E-state index >= 15 is 0 Å². The predicted molar refractivity (Wildman–Crippen MR) is 69.0 cm³/mol. The first-order chi connectivity index (χ1) is 8.68. The zero-order chi connectivity index (χ0) is 13.0. The third-order valence-corrected chi connectivity index (χ3v) is 3.65. The van der Waals surface area contributed by atoms with Crippen LogP contribution in [0.4, 0.5) is 5.82 Å². The van der Waals surface area contributed by atoms with Crippen molar-refractivity contribution >= 4 is 23.3 Å². The summed E-state index contributed by atoms with van der Waals surface area (Å²) in [5.41, 5.74) is -0.918. The van der Waals surface area contributed by atoms with Crippen LogP contribution in [0.5, 0.6) is 0 Å². The average Bonchev–Trinajstić information content (AvgIpc) is 2.42. The average molecular weight is 264 g/mol. The molecule has 2 rings (SSSR count). The summed E-state index contributed by atoms with van der Waals surface area (Å²) in [5.74, 6) is 0.0367. The van der Waals surface area contributed by atoms with Gasteiger partial charge >= 0.3 is 0 Å². The Morgan fingerprint density at radius 1 is 1.44 bits per heavy atom. The van der Waals surface area contributed by atoms with Gasteiger partial charge in [0.15, 0.2) is 5.82 Å². The lowest BCUT2D eigenvalue weighted by Crippen LogP contribution is -2.37. The highest BCUT2D eigenvalue weighted by Gasteiger charge is 2.40. The number of halogens is 1. The fourth-order valence-corrected chi connectivity index (χ4v) is 2.42. The van der Waals surface area contributed by atoms with E-state index in [4.69, 9.17) is 11.6 Å². The molecule has 1 heterocycles. The second-order valence-corrected chi connectivity index (χ2v) is 4.95. The van der Waals surface area contributed by atoms with Crippen LogP contribution in [0.1, 0.15) is 32.1 Å². The maximum atomic E-state index is 12.2. The van der Waals surface area contributed by atoms with Gasteiger partial charge in [-0.3, -0.25) is 4.79 Å². The topological polar surface area (TPSA) is 65.8 Å². The molecule has 0 bridgehead atoms. The number of nitrogens with zero attached hydrogens (tertiary/aromatic N) is 2. The predicted octanol–water partition coefficient (Wildman–Crippen LogP) is 3.15. The summed E-state index contributed by atoms with van der Waals surface area (Å²) in [4.78, 5) is 16.2. The molecule has 1 N–H and O–H groups in total. The molecule has 0 atom stereocenters. The van der Waals surface area contributed by atoms with E-state index in [0.717, 1.165) is 19.3 Å². The molecule has 0 radical (unpaired) electrons. The van der Waals surface area contributed by atoms with Gasteiger partial charge in [0.05, 0.1) is 11.1 Å². The number of carbonyl (C=O) groups is 1. The molecule has 4 nitrogen and oxygen atoms in total. The van der Waals surface area contributed by atoms with Crippen LogP contribution >= 0.6 is 11.6 Å². The van der Waals surface area contributed by atoms with Crippen molar-refractivity contribution in [1.29, 1.82) is 5.26 Å². The first kappa shape index (κ1) is 12.8. The molecule has 94 valence electrons. The Bertz CT molecular complexity index is 489. The standard InChI is InChI=1S/C13H14ClN3O/c14-10-5-4-8-16-11(10)17-12(18)13(9-15)6-2-1-3-7-13/h4-5,8H,1-3,6-7H2,(H,16,17,18). The van der Waals surface area contributed by atoms with Crippen LogP contribution in [0.3, 0.4) is 0 Å². The smallest absolute Gasteiger partial charge is 0.246 e. The van der Waals surface area contributed by atoms with Gasteiger partial charge < -0.3 is 5.32 Å². The minimum absolute atomic E-state index is 0.287. The molecule has 1 aliphatic carbocycles. The number of amides is 1. The van der Waals surface area contributed by atoms with E-state index < -0.39 is 5.41 Å². The second-order valence-electron chi connectivity index (χ2n) is 4.54. The van der Waals surface area contributed by atoms with Crippen molar-refractivity contribution in [2.24, 2.45) is 5.41 Å². The largest absolute Gasteiger partial charge is 0.308 e. The number of pyridine rings is 1. The van der Waals surface area contributed by atoms with Crippen molar-refractivity contribution in [3.05, 3.63) is 23.4 Å². The number of anilines is 1. The summed E-state index contributed by atoms with van der Waals surface area (Å²) < 4.78 is 0. The van der Waals surface area contributed by atoms with Gasteiger partial charge in [0.2, 0.25) is 5.91 Å². The van der Waals surface area contributed by atoms with Gasteiger partial charge in [0.1, 0.15) is 5.41 Å². The molecule has 0 unspecified atom stereocenters. The van der Waals surface area contributed by atoms with Gasteiger partial charge in [-0.25, -0.2) is 4.98 Å². The number of nitriles is 1. The molecule has 0 aliphatic heterocycles. The molecule has 1 fully saturated rings. The van der Waals surface area contributed by atoms with E-state index in [1.54, 1.807) is 18.3 Å². The van der Waals surface area contributed by atoms with Crippen LogP contribution in [0.2, 0.25) is 5.02 Å². The minimum Gasteiger partial charge on any atom is -0.308 e. The number of hydrogen-bond donors (Lipinski definition) is 1. The first-order valence-corrected chi connectivity index (χ1v) is 6.39. The van der Waals surface area contributed by atoms with Crippen LogP contribution in [0.15, 0.2) is 18.3 Å².